The van der Waals surface area contributed by atoms with E-state index in [-0.39, 0.29) is 6.61 Å². The van der Waals surface area contributed by atoms with Gasteiger partial charge in [0.2, 0.25) is 0 Å². The van der Waals surface area contributed by atoms with E-state index in [1.54, 1.807) is 0 Å². The van der Waals surface area contributed by atoms with Crippen molar-refractivity contribution in [3.8, 4) is 0 Å². The lowest BCUT2D eigenvalue weighted by molar-refractivity contribution is -0.137. The summed E-state index contributed by atoms with van der Waals surface area (Å²) in [5, 5.41) is 9.61. The van der Waals surface area contributed by atoms with Gasteiger partial charge in [-0.3, -0.25) is 9.63 Å². The highest BCUT2D eigenvalue weighted by Gasteiger charge is 2.40. The predicted molar refractivity (Wildman–Crippen MR) is 50.9 cm³/mol. The number of amides is 1. The minimum atomic E-state index is -4.59. The molecule has 1 aromatic carbocycles. The molecule has 1 aliphatic heterocycles. The van der Waals surface area contributed by atoms with Crippen molar-refractivity contribution in [1.82, 2.24) is 0 Å². The zero-order valence-corrected chi connectivity index (χ0v) is 8.44. The fraction of sp³-hybridized carbons (Fsp3) is 0.300. The summed E-state index contributed by atoms with van der Waals surface area (Å²) in [5.74, 6) is -0.901. The van der Waals surface area contributed by atoms with Gasteiger partial charge in [-0.15, -0.1) is 0 Å². The molecule has 4 nitrogen and oxygen atoms in total. The molecule has 1 aromatic rings. The van der Waals surface area contributed by atoms with Gasteiger partial charge >= 0.3 is 6.18 Å². The monoisotopic (exact) mass is 247 g/mol. The summed E-state index contributed by atoms with van der Waals surface area (Å²) in [6.07, 6.45) is -6.01. The minimum absolute atomic E-state index is 0.342. The fourth-order valence-electron chi connectivity index (χ4n) is 1.49. The SMILES string of the molecule is O=C1C(O)CON1c1ccccc1C(F)(F)F. The summed E-state index contributed by atoms with van der Waals surface area (Å²) in [5.41, 5.74) is -1.40. The molecule has 0 saturated carbocycles. The van der Waals surface area contributed by atoms with Crippen molar-refractivity contribution < 1.29 is 27.9 Å². The van der Waals surface area contributed by atoms with Gasteiger partial charge in [0.25, 0.3) is 5.91 Å². The van der Waals surface area contributed by atoms with Gasteiger partial charge < -0.3 is 5.11 Å². The van der Waals surface area contributed by atoms with E-state index in [1.165, 1.54) is 12.1 Å². The minimum Gasteiger partial charge on any atom is -0.381 e. The molecule has 1 N–H and O–H groups in total. The molecule has 0 bridgehead atoms. The molecule has 7 heteroatoms. The number of aliphatic hydroxyl groups excluding tert-OH is 1. The van der Waals surface area contributed by atoms with Crippen molar-refractivity contribution in [3.05, 3.63) is 29.8 Å². The van der Waals surface area contributed by atoms with Crippen LogP contribution >= 0.6 is 0 Å². The van der Waals surface area contributed by atoms with E-state index >= 15 is 0 Å². The number of rotatable bonds is 1. The van der Waals surface area contributed by atoms with Crippen LogP contribution in [0.5, 0.6) is 0 Å². The number of nitrogens with zero attached hydrogens (tertiary/aromatic N) is 1. The molecule has 1 amide bonds. The average molecular weight is 247 g/mol. The summed E-state index contributed by atoms with van der Waals surface area (Å²) in [6.45, 7) is -0.342. The van der Waals surface area contributed by atoms with E-state index in [0.29, 0.717) is 5.06 Å². The maximum Gasteiger partial charge on any atom is 0.418 e. The van der Waals surface area contributed by atoms with Crippen LogP contribution in [-0.2, 0) is 15.8 Å². The number of anilines is 1. The van der Waals surface area contributed by atoms with Crippen molar-refractivity contribution in [1.29, 1.82) is 0 Å². The first kappa shape index (κ1) is 11.9. The van der Waals surface area contributed by atoms with Gasteiger partial charge in [-0.05, 0) is 12.1 Å². The summed E-state index contributed by atoms with van der Waals surface area (Å²) in [7, 11) is 0. The molecular weight excluding hydrogens is 239 g/mol. The van der Waals surface area contributed by atoms with Crippen LogP contribution in [0.25, 0.3) is 0 Å². The van der Waals surface area contributed by atoms with E-state index in [0.717, 1.165) is 12.1 Å². The summed E-state index contributed by atoms with van der Waals surface area (Å²) >= 11 is 0. The molecule has 17 heavy (non-hydrogen) atoms. The summed E-state index contributed by atoms with van der Waals surface area (Å²) in [4.78, 5) is 16.1. The molecule has 1 fully saturated rings. The number of hydroxylamine groups is 1. The van der Waals surface area contributed by atoms with Crippen LogP contribution in [0.3, 0.4) is 0 Å². The molecule has 0 spiro atoms. The lowest BCUT2D eigenvalue weighted by atomic mass is 10.1. The third-order valence-electron chi connectivity index (χ3n) is 2.27. The normalized spacial score (nSPS) is 21.1. The van der Waals surface area contributed by atoms with E-state index in [9.17, 15) is 18.0 Å². The molecule has 0 aliphatic carbocycles. The van der Waals surface area contributed by atoms with Crippen LogP contribution in [0.1, 0.15) is 5.56 Å². The summed E-state index contributed by atoms with van der Waals surface area (Å²) in [6, 6.07) is 4.52. The van der Waals surface area contributed by atoms with Crippen LogP contribution in [0, 0.1) is 0 Å². The van der Waals surface area contributed by atoms with Crippen LogP contribution in [-0.4, -0.2) is 23.7 Å². The van der Waals surface area contributed by atoms with Crippen LogP contribution in [0.15, 0.2) is 24.3 Å². The number of alkyl halides is 3. The standard InChI is InChI=1S/C10H8F3NO3/c11-10(12,13)6-3-1-2-4-7(6)14-9(16)8(15)5-17-14/h1-4,8,15H,5H2. The quantitative estimate of drug-likeness (QED) is 0.814. The highest BCUT2D eigenvalue weighted by Crippen LogP contribution is 2.37. The molecule has 1 saturated heterocycles. The zero-order valence-electron chi connectivity index (χ0n) is 8.44. The third kappa shape index (κ3) is 2.11. The third-order valence-corrected chi connectivity index (χ3v) is 2.27. The van der Waals surface area contributed by atoms with Gasteiger partial charge in [0, 0.05) is 0 Å². The second-order valence-corrected chi connectivity index (χ2v) is 3.46. The van der Waals surface area contributed by atoms with E-state index in [1.807, 2.05) is 0 Å². The second kappa shape index (κ2) is 4.01. The second-order valence-electron chi connectivity index (χ2n) is 3.46. The largest absolute Gasteiger partial charge is 0.418 e. The summed E-state index contributed by atoms with van der Waals surface area (Å²) < 4.78 is 38.0. The van der Waals surface area contributed by atoms with Crippen LogP contribution in [0.2, 0.25) is 0 Å². The Kier molecular flexibility index (Phi) is 2.80. The first-order chi connectivity index (χ1) is 7.91. The lowest BCUT2D eigenvalue weighted by Gasteiger charge is -2.19. The van der Waals surface area contributed by atoms with E-state index in [2.05, 4.69) is 0 Å². The van der Waals surface area contributed by atoms with Gasteiger partial charge in [0.05, 0.1) is 11.3 Å². The molecule has 1 heterocycles. The molecular formula is C10H8F3NO3. The molecule has 2 rings (SSSR count). The average Bonchev–Trinajstić information content (AvgIpc) is 2.59. The number of hydrogen-bond acceptors (Lipinski definition) is 3. The molecule has 92 valence electrons. The Hall–Kier alpha value is -1.60. The Morgan fingerprint density at radius 3 is 2.53 bits per heavy atom. The number of benzene rings is 1. The van der Waals surface area contributed by atoms with Crippen molar-refractivity contribution in [3.63, 3.8) is 0 Å². The van der Waals surface area contributed by atoms with E-state index in [4.69, 9.17) is 9.94 Å². The smallest absolute Gasteiger partial charge is 0.381 e. The van der Waals surface area contributed by atoms with Gasteiger partial charge in [0.1, 0.15) is 6.61 Å². The van der Waals surface area contributed by atoms with Crippen molar-refractivity contribution in [2.75, 3.05) is 11.7 Å². The Bertz CT molecular complexity index is 447. The van der Waals surface area contributed by atoms with Gasteiger partial charge in [-0.25, -0.2) is 0 Å². The molecule has 0 radical (unpaired) electrons. The van der Waals surface area contributed by atoms with E-state index < -0.39 is 29.4 Å². The Balaban J connectivity index is 2.43. The highest BCUT2D eigenvalue weighted by atomic mass is 19.4. The van der Waals surface area contributed by atoms with Crippen molar-refractivity contribution >= 4 is 11.6 Å². The Morgan fingerprint density at radius 1 is 1.35 bits per heavy atom. The fourth-order valence-corrected chi connectivity index (χ4v) is 1.49. The predicted octanol–water partition coefficient (Wildman–Crippen LogP) is 1.34. The number of carbonyl (C=O) groups excluding carboxylic acids is 1. The molecule has 1 aliphatic rings. The van der Waals surface area contributed by atoms with Crippen LogP contribution in [0.4, 0.5) is 18.9 Å². The molecule has 1 unspecified atom stereocenters. The first-order valence-electron chi connectivity index (χ1n) is 4.72. The first-order valence-corrected chi connectivity index (χ1v) is 4.72. The topological polar surface area (TPSA) is 49.8 Å². The van der Waals surface area contributed by atoms with Gasteiger partial charge in [0.15, 0.2) is 6.10 Å². The van der Waals surface area contributed by atoms with Crippen molar-refractivity contribution in [2.24, 2.45) is 0 Å². The maximum atomic E-state index is 12.7. The maximum absolute atomic E-state index is 12.7. The number of para-hydroxylation sites is 1. The molecule has 1 atom stereocenters. The highest BCUT2D eigenvalue weighted by molar-refractivity contribution is 5.96. The van der Waals surface area contributed by atoms with Crippen LogP contribution < -0.4 is 5.06 Å². The number of hydrogen-bond donors (Lipinski definition) is 1. The van der Waals surface area contributed by atoms with Gasteiger partial charge in [-0.1, -0.05) is 12.1 Å². The number of aliphatic hydroxyl groups is 1. The number of carbonyl (C=O) groups is 1. The van der Waals surface area contributed by atoms with Crippen molar-refractivity contribution in [2.45, 2.75) is 12.3 Å². The lowest BCUT2D eigenvalue weighted by Crippen LogP contribution is -2.30. The van der Waals surface area contributed by atoms with Gasteiger partial charge in [-0.2, -0.15) is 18.2 Å². The Morgan fingerprint density at radius 2 is 2.00 bits per heavy atom. The Labute approximate surface area is 94.2 Å². The molecule has 0 aromatic heterocycles. The zero-order chi connectivity index (χ0) is 12.6. The number of halogens is 3.